The Labute approximate surface area is 236 Å². The van der Waals surface area contributed by atoms with Gasteiger partial charge in [0.25, 0.3) is 0 Å². The molecule has 10 nitrogen and oxygen atoms in total. The summed E-state index contributed by atoms with van der Waals surface area (Å²) in [5.41, 5.74) is 12.3. The van der Waals surface area contributed by atoms with Crippen molar-refractivity contribution in [3.05, 3.63) is 95.1 Å². The molecule has 0 saturated heterocycles. The van der Waals surface area contributed by atoms with Crippen molar-refractivity contribution in [2.45, 2.75) is 27.7 Å². The third-order valence-corrected chi connectivity index (χ3v) is 6.28. The first-order valence-corrected chi connectivity index (χ1v) is 12.8. The number of carbonyl (C=O) groups excluding carboxylic acids is 1. The fourth-order valence-corrected chi connectivity index (χ4v) is 4.48. The van der Waals surface area contributed by atoms with Gasteiger partial charge in [0, 0.05) is 11.4 Å². The van der Waals surface area contributed by atoms with Gasteiger partial charge in [0.05, 0.1) is 11.4 Å². The summed E-state index contributed by atoms with van der Waals surface area (Å²) in [6.07, 6.45) is -0.963. The molecule has 0 spiro atoms. The molecule has 0 atom stereocenters. The number of halogens is 1. The van der Waals surface area contributed by atoms with Crippen LogP contribution in [0.2, 0.25) is 0 Å². The zero-order chi connectivity index (χ0) is 29.1. The van der Waals surface area contributed by atoms with Crippen LogP contribution >= 0.6 is 0 Å². The topological polar surface area (TPSA) is 143 Å². The predicted molar refractivity (Wildman–Crippen MR) is 160 cm³/mol. The first-order valence-electron chi connectivity index (χ1n) is 12.8. The first-order chi connectivity index (χ1) is 19.6. The minimum Gasteiger partial charge on any atom is -0.351 e. The van der Waals surface area contributed by atoms with Gasteiger partial charge in [0.1, 0.15) is 5.69 Å². The van der Waals surface area contributed by atoms with Gasteiger partial charge in [-0.25, -0.2) is 4.79 Å². The largest absolute Gasteiger partial charge is 0.351 e. The second-order valence-electron chi connectivity index (χ2n) is 9.73. The summed E-state index contributed by atoms with van der Waals surface area (Å²) in [6.45, 7) is 8.04. The van der Waals surface area contributed by atoms with Crippen LogP contribution in [0.5, 0.6) is 0 Å². The number of anilines is 5. The molecule has 2 amide bonds. The van der Waals surface area contributed by atoms with Gasteiger partial charge in [-0.2, -0.15) is 24.5 Å². The highest BCUT2D eigenvalue weighted by molar-refractivity contribution is 5.93. The summed E-state index contributed by atoms with van der Waals surface area (Å²) >= 11 is 0. The van der Waals surface area contributed by atoms with Crippen molar-refractivity contribution >= 4 is 57.1 Å². The number of hydrogen-bond donors (Lipinski definition) is 4. The predicted octanol–water partition coefficient (Wildman–Crippen LogP) is 7.79. The van der Waals surface area contributed by atoms with Gasteiger partial charge in [0.15, 0.2) is 0 Å². The van der Waals surface area contributed by atoms with E-state index in [1.807, 2.05) is 44.2 Å². The molecule has 11 heteroatoms. The lowest BCUT2D eigenvalue weighted by molar-refractivity contribution is 0.259. The van der Waals surface area contributed by atoms with E-state index in [4.69, 9.17) is 5.73 Å². The summed E-state index contributed by atoms with van der Waals surface area (Å²) in [5.74, 6) is -0.00731. The Morgan fingerprint density at radius 2 is 1.46 bits per heavy atom. The number of aromatic nitrogens is 3. The van der Waals surface area contributed by atoms with Gasteiger partial charge >= 0.3 is 12.1 Å². The number of hydrogen-bond acceptors (Lipinski definition) is 8. The van der Waals surface area contributed by atoms with Crippen LogP contribution in [0.4, 0.5) is 49.5 Å². The molecule has 0 unspecified atom stereocenters. The summed E-state index contributed by atoms with van der Waals surface area (Å²) in [6, 6.07) is 20.0. The lowest BCUT2D eigenvalue weighted by Gasteiger charge is -2.11. The molecule has 0 aliphatic carbocycles. The van der Waals surface area contributed by atoms with E-state index in [2.05, 4.69) is 73.2 Å². The standard InChI is InChI=1S/C30H28FN9O/c1-16-6-5-7-21(12-16)33-29-36-27(31)37-30(38-29)34-22-8-9-24(26(14-22)35-28(32)41)39-40-25-15-23-18(3)10-17(2)11-20(23)13-19(25)4/h5-15H,1-4H3,(H3,32,35,41)(H2,33,34,36,37,38). The van der Waals surface area contributed by atoms with Crippen LogP contribution in [0.25, 0.3) is 10.8 Å². The monoisotopic (exact) mass is 549 g/mol. The average molecular weight is 550 g/mol. The van der Waals surface area contributed by atoms with Gasteiger partial charge in [-0.1, -0.05) is 29.8 Å². The van der Waals surface area contributed by atoms with E-state index in [1.165, 1.54) is 5.56 Å². The summed E-state index contributed by atoms with van der Waals surface area (Å²) < 4.78 is 14.2. The van der Waals surface area contributed by atoms with E-state index >= 15 is 0 Å². The van der Waals surface area contributed by atoms with Crippen LogP contribution in [0.3, 0.4) is 0 Å². The molecule has 1 aromatic heterocycles. The lowest BCUT2D eigenvalue weighted by Crippen LogP contribution is -2.19. The van der Waals surface area contributed by atoms with E-state index in [0.717, 1.165) is 27.5 Å². The summed E-state index contributed by atoms with van der Waals surface area (Å²) in [4.78, 5) is 23.4. The molecule has 0 fully saturated rings. The minimum atomic E-state index is -0.963. The molecule has 0 aliphatic rings. The maximum absolute atomic E-state index is 14.2. The van der Waals surface area contributed by atoms with Crippen LogP contribution in [0, 0.1) is 33.8 Å². The molecule has 4 aromatic carbocycles. The highest BCUT2D eigenvalue weighted by atomic mass is 19.1. The number of primary amides is 1. The Bertz CT molecular complexity index is 1820. The number of fused-ring (bicyclic) bond motifs is 1. The second kappa shape index (κ2) is 11.3. The van der Waals surface area contributed by atoms with E-state index in [9.17, 15) is 9.18 Å². The molecular formula is C30H28FN9O. The van der Waals surface area contributed by atoms with E-state index in [0.29, 0.717) is 28.4 Å². The maximum Gasteiger partial charge on any atom is 0.316 e. The third kappa shape index (κ3) is 6.59. The Morgan fingerprint density at radius 1 is 0.756 bits per heavy atom. The Hall–Kier alpha value is -5.45. The first kappa shape index (κ1) is 27.1. The molecule has 206 valence electrons. The fraction of sp³-hybridized carbons (Fsp3) is 0.133. The van der Waals surface area contributed by atoms with Crippen LogP contribution in [0.1, 0.15) is 22.3 Å². The molecular weight excluding hydrogens is 521 g/mol. The van der Waals surface area contributed by atoms with E-state index in [-0.39, 0.29) is 11.9 Å². The third-order valence-electron chi connectivity index (χ3n) is 6.28. The second-order valence-corrected chi connectivity index (χ2v) is 9.73. The van der Waals surface area contributed by atoms with Crippen molar-refractivity contribution in [3.8, 4) is 0 Å². The van der Waals surface area contributed by atoms with Gasteiger partial charge in [-0.15, -0.1) is 5.11 Å². The average Bonchev–Trinajstić information content (AvgIpc) is 2.88. The smallest absolute Gasteiger partial charge is 0.316 e. The zero-order valence-corrected chi connectivity index (χ0v) is 23.0. The van der Waals surface area contributed by atoms with Crippen LogP contribution in [-0.4, -0.2) is 21.0 Å². The van der Waals surface area contributed by atoms with Crippen molar-refractivity contribution in [2.24, 2.45) is 16.0 Å². The molecule has 0 saturated carbocycles. The number of rotatable bonds is 7. The van der Waals surface area contributed by atoms with Gasteiger partial charge < -0.3 is 21.7 Å². The Kier molecular flexibility index (Phi) is 7.51. The molecule has 5 rings (SSSR count). The highest BCUT2D eigenvalue weighted by Gasteiger charge is 2.11. The highest BCUT2D eigenvalue weighted by Crippen LogP contribution is 2.34. The van der Waals surface area contributed by atoms with Crippen LogP contribution < -0.4 is 21.7 Å². The SMILES string of the molecule is Cc1cccc(Nc2nc(F)nc(Nc3ccc(N=Nc4cc5c(C)cc(C)cc5cc4C)c(NC(N)=O)c3)n2)c1. The normalized spacial score (nSPS) is 11.1. The van der Waals surface area contributed by atoms with Gasteiger partial charge in [-0.3, -0.25) is 0 Å². The fourth-order valence-electron chi connectivity index (χ4n) is 4.48. The number of urea groups is 1. The van der Waals surface area contributed by atoms with Crippen LogP contribution in [-0.2, 0) is 0 Å². The Morgan fingerprint density at radius 3 is 2.17 bits per heavy atom. The number of nitrogens with zero attached hydrogens (tertiary/aromatic N) is 5. The lowest BCUT2D eigenvalue weighted by atomic mass is 9.99. The van der Waals surface area contributed by atoms with E-state index in [1.54, 1.807) is 18.2 Å². The zero-order valence-electron chi connectivity index (χ0n) is 23.0. The molecule has 0 bridgehead atoms. The molecule has 5 N–H and O–H groups in total. The van der Waals surface area contributed by atoms with Gasteiger partial charge in [0.2, 0.25) is 11.9 Å². The number of nitrogens with two attached hydrogens (primary N) is 1. The van der Waals surface area contributed by atoms with Gasteiger partial charge in [-0.05, 0) is 97.6 Å². The quantitative estimate of drug-likeness (QED) is 0.153. The van der Waals surface area contributed by atoms with Crippen molar-refractivity contribution in [3.63, 3.8) is 0 Å². The Balaban J connectivity index is 1.42. The molecule has 0 aliphatic heterocycles. The molecule has 41 heavy (non-hydrogen) atoms. The minimum absolute atomic E-state index is 0.0302. The van der Waals surface area contributed by atoms with Crippen molar-refractivity contribution in [1.82, 2.24) is 15.0 Å². The molecule has 1 heterocycles. The number of benzene rings is 4. The number of nitrogens with one attached hydrogen (secondary N) is 3. The number of azo groups is 1. The molecule has 0 radical (unpaired) electrons. The van der Waals surface area contributed by atoms with Crippen molar-refractivity contribution < 1.29 is 9.18 Å². The number of carbonyl (C=O) groups is 1. The van der Waals surface area contributed by atoms with Crippen LogP contribution in [0.15, 0.2) is 77.0 Å². The summed E-state index contributed by atoms with van der Waals surface area (Å²) in [7, 11) is 0. The van der Waals surface area contributed by atoms with E-state index < -0.39 is 12.1 Å². The van der Waals surface area contributed by atoms with Crippen molar-refractivity contribution in [2.75, 3.05) is 16.0 Å². The van der Waals surface area contributed by atoms with Crippen molar-refractivity contribution in [1.29, 1.82) is 0 Å². The number of aryl methyl sites for hydroxylation is 4. The maximum atomic E-state index is 14.2. The molecule has 5 aromatic rings. The number of amides is 2. The summed E-state index contributed by atoms with van der Waals surface area (Å²) in [5, 5.41) is 19.5.